The molecule has 14 heteroatoms. The summed E-state index contributed by atoms with van der Waals surface area (Å²) in [6.45, 7) is 6.94. The Balaban J connectivity index is 4.60. The highest BCUT2D eigenvalue weighted by Gasteiger charge is 2.28. The molecule has 0 aliphatic heterocycles. The molecule has 0 rings (SSSR count). The van der Waals surface area contributed by atoms with E-state index in [4.69, 9.17) is 0 Å². The molecule has 4 unspecified atom stereocenters. The molecule has 4 atom stereocenters. The van der Waals surface area contributed by atoms with E-state index in [1.165, 1.54) is 21.6 Å². The Morgan fingerprint density at radius 2 is 1.49 bits per heavy atom. The first kappa shape index (κ1) is 35.0. The molecule has 0 aliphatic rings. The predicted octanol–water partition coefficient (Wildman–Crippen LogP) is 4.25. The van der Waals surface area contributed by atoms with Gasteiger partial charge in [-0.1, -0.05) is 69.4 Å². The SMILES string of the molecule is CCCCCC(CCSSCC(NC(=O)C(C)(C)S)C(=O)O)SSCC(NC(=O)C(C)S)C(=O)O. The largest absolute Gasteiger partial charge is 0.480 e. The Morgan fingerprint density at radius 3 is 2.00 bits per heavy atom. The molecular weight excluding hydrogens is 569 g/mol. The molecule has 0 aliphatic carbocycles. The number of hydrogen-bond donors (Lipinski definition) is 6. The minimum atomic E-state index is -1.08. The lowest BCUT2D eigenvalue weighted by atomic mass is 10.1. The highest BCUT2D eigenvalue weighted by Crippen LogP contribution is 2.35. The predicted molar refractivity (Wildman–Crippen MR) is 158 cm³/mol. The average molecular weight is 607 g/mol. The maximum absolute atomic E-state index is 12.0. The Morgan fingerprint density at radius 1 is 0.914 bits per heavy atom. The molecule has 0 fully saturated rings. The Bertz CT molecular complexity index is 677. The normalized spacial score (nSPS) is 15.0. The van der Waals surface area contributed by atoms with Crippen LogP contribution in [0.5, 0.6) is 0 Å². The number of nitrogens with one attached hydrogen (secondary N) is 2. The van der Waals surface area contributed by atoms with E-state index in [1.807, 2.05) is 0 Å². The molecule has 0 aromatic heterocycles. The Hall–Kier alpha value is -0.0200. The van der Waals surface area contributed by atoms with Gasteiger partial charge >= 0.3 is 11.9 Å². The van der Waals surface area contributed by atoms with Gasteiger partial charge in [-0.25, -0.2) is 9.59 Å². The topological polar surface area (TPSA) is 133 Å². The van der Waals surface area contributed by atoms with Crippen LogP contribution in [0.3, 0.4) is 0 Å². The number of carboxylic acids is 2. The molecule has 2 amide bonds. The minimum absolute atomic E-state index is 0.238. The number of unbranched alkanes of at least 4 members (excludes halogenated alkanes) is 2. The highest BCUT2D eigenvalue weighted by atomic mass is 33.1. The molecule has 0 spiro atoms. The summed E-state index contributed by atoms with van der Waals surface area (Å²) in [5.74, 6) is -1.71. The first-order valence-corrected chi connectivity index (χ1v) is 17.1. The van der Waals surface area contributed by atoms with E-state index >= 15 is 0 Å². The van der Waals surface area contributed by atoms with Crippen molar-refractivity contribution >= 4 is 92.2 Å². The van der Waals surface area contributed by atoms with Crippen LogP contribution in [0.2, 0.25) is 0 Å². The van der Waals surface area contributed by atoms with E-state index in [0.717, 1.165) is 37.9 Å². The third-order valence-electron chi connectivity index (χ3n) is 4.56. The van der Waals surface area contributed by atoms with Crippen LogP contribution in [0.4, 0.5) is 0 Å². The summed E-state index contributed by atoms with van der Waals surface area (Å²) in [5.41, 5.74) is 0. The lowest BCUT2D eigenvalue weighted by Crippen LogP contribution is -2.48. The van der Waals surface area contributed by atoms with E-state index in [1.54, 1.807) is 42.4 Å². The number of amides is 2. The molecule has 0 aromatic rings. The van der Waals surface area contributed by atoms with Crippen LogP contribution in [-0.2, 0) is 19.2 Å². The van der Waals surface area contributed by atoms with Gasteiger partial charge in [-0.3, -0.25) is 9.59 Å². The van der Waals surface area contributed by atoms with Gasteiger partial charge in [0.1, 0.15) is 12.1 Å². The van der Waals surface area contributed by atoms with Gasteiger partial charge in [0.05, 0.1) is 10.00 Å². The van der Waals surface area contributed by atoms with Crippen LogP contribution in [0.25, 0.3) is 0 Å². The second-order valence-electron chi connectivity index (χ2n) is 8.39. The molecule has 0 radical (unpaired) electrons. The van der Waals surface area contributed by atoms with Gasteiger partial charge in [0.15, 0.2) is 0 Å². The van der Waals surface area contributed by atoms with Crippen molar-refractivity contribution in [1.29, 1.82) is 0 Å². The Kier molecular flexibility index (Phi) is 19.1. The lowest BCUT2D eigenvalue weighted by Gasteiger charge is -2.21. The van der Waals surface area contributed by atoms with Crippen molar-refractivity contribution in [3.05, 3.63) is 0 Å². The second-order valence-corrected chi connectivity index (χ2v) is 15.6. The maximum Gasteiger partial charge on any atom is 0.327 e. The maximum atomic E-state index is 12.0. The summed E-state index contributed by atoms with van der Waals surface area (Å²) in [4.78, 5) is 46.8. The van der Waals surface area contributed by atoms with Crippen LogP contribution >= 0.6 is 68.4 Å². The van der Waals surface area contributed by atoms with E-state index in [9.17, 15) is 29.4 Å². The van der Waals surface area contributed by atoms with Gasteiger partial charge in [0, 0.05) is 22.5 Å². The van der Waals surface area contributed by atoms with E-state index < -0.39 is 45.8 Å². The fraction of sp³-hybridized carbons (Fsp3) is 0.810. The second kappa shape index (κ2) is 19.1. The van der Waals surface area contributed by atoms with Crippen molar-refractivity contribution < 1.29 is 29.4 Å². The minimum Gasteiger partial charge on any atom is -0.480 e. The smallest absolute Gasteiger partial charge is 0.327 e. The number of carboxylic acid groups (broad SMARTS) is 2. The summed E-state index contributed by atoms with van der Waals surface area (Å²) in [6.07, 6.45) is 5.19. The van der Waals surface area contributed by atoms with Crippen molar-refractivity contribution in [2.24, 2.45) is 0 Å². The van der Waals surface area contributed by atoms with Crippen molar-refractivity contribution in [2.45, 2.75) is 87.1 Å². The van der Waals surface area contributed by atoms with Crippen molar-refractivity contribution in [1.82, 2.24) is 10.6 Å². The van der Waals surface area contributed by atoms with E-state index in [2.05, 4.69) is 42.8 Å². The van der Waals surface area contributed by atoms with E-state index in [0.29, 0.717) is 5.25 Å². The first-order valence-electron chi connectivity index (χ1n) is 11.3. The van der Waals surface area contributed by atoms with Crippen LogP contribution in [-0.4, -0.2) is 78.6 Å². The summed E-state index contributed by atoms with van der Waals surface area (Å²) in [5, 5.41) is 23.5. The summed E-state index contributed by atoms with van der Waals surface area (Å²) in [6, 6.07) is -1.96. The zero-order valence-corrected chi connectivity index (χ0v) is 25.6. The zero-order chi connectivity index (χ0) is 27.0. The molecule has 8 nitrogen and oxygen atoms in total. The average Bonchev–Trinajstić information content (AvgIpc) is 2.75. The Labute approximate surface area is 235 Å². The molecule has 0 heterocycles. The number of thiol groups is 2. The number of carbonyl (C=O) groups excluding carboxylic acids is 2. The van der Waals surface area contributed by atoms with Gasteiger partial charge in [0.25, 0.3) is 0 Å². The molecule has 4 N–H and O–H groups in total. The van der Waals surface area contributed by atoms with Gasteiger partial charge in [0.2, 0.25) is 11.8 Å². The molecule has 0 aromatic carbocycles. The fourth-order valence-electron chi connectivity index (χ4n) is 2.40. The third-order valence-corrected chi connectivity index (χ3v) is 10.4. The highest BCUT2D eigenvalue weighted by molar-refractivity contribution is 8.77. The molecular formula is C21H38N2O6S6. The fourth-order valence-corrected chi connectivity index (χ4v) is 7.89. The molecule has 0 bridgehead atoms. The van der Waals surface area contributed by atoms with Crippen LogP contribution in [0.1, 0.15) is 59.8 Å². The van der Waals surface area contributed by atoms with Crippen molar-refractivity contribution in [3.8, 4) is 0 Å². The summed E-state index contributed by atoms with van der Waals surface area (Å²) in [7, 11) is 6.03. The third kappa shape index (κ3) is 17.2. The number of carbonyl (C=O) groups is 4. The number of hydrogen-bond acceptors (Lipinski definition) is 10. The zero-order valence-electron chi connectivity index (χ0n) is 20.5. The quantitative estimate of drug-likeness (QED) is 0.0679. The summed E-state index contributed by atoms with van der Waals surface area (Å²) >= 11 is 8.21. The van der Waals surface area contributed by atoms with Gasteiger partial charge in [-0.2, -0.15) is 25.3 Å². The number of aliphatic carboxylic acids is 2. The molecule has 0 saturated carbocycles. The van der Waals surface area contributed by atoms with Crippen LogP contribution in [0.15, 0.2) is 0 Å². The number of rotatable bonds is 20. The van der Waals surface area contributed by atoms with Crippen LogP contribution < -0.4 is 10.6 Å². The van der Waals surface area contributed by atoms with Gasteiger partial charge < -0.3 is 20.8 Å². The molecule has 35 heavy (non-hydrogen) atoms. The van der Waals surface area contributed by atoms with Crippen molar-refractivity contribution in [3.63, 3.8) is 0 Å². The lowest BCUT2D eigenvalue weighted by molar-refractivity contribution is -0.141. The molecule has 204 valence electrons. The standard InChI is InChI=1S/C21H38N2O6S6/c1-5-6-7-8-14(35-34-12-15(18(25)26)22-17(24)13(2)30)9-10-32-33-11-16(19(27)28)23-20(29)21(3,4)31/h13-16,30-31H,5-12H2,1-4H3,(H,22,24)(H,23,29)(H,25,26)(H,27,28). The van der Waals surface area contributed by atoms with E-state index in [-0.39, 0.29) is 11.5 Å². The first-order chi connectivity index (χ1) is 16.3. The van der Waals surface area contributed by atoms with Crippen LogP contribution in [0, 0.1) is 0 Å². The monoisotopic (exact) mass is 606 g/mol. The van der Waals surface area contributed by atoms with Gasteiger partial charge in [-0.05, 0) is 33.6 Å². The van der Waals surface area contributed by atoms with Gasteiger partial charge in [-0.15, -0.1) is 0 Å². The summed E-state index contributed by atoms with van der Waals surface area (Å²) < 4.78 is -0.959. The van der Waals surface area contributed by atoms with Crippen molar-refractivity contribution in [2.75, 3.05) is 17.3 Å². The molecule has 0 saturated heterocycles.